The van der Waals surface area contributed by atoms with Crippen LogP contribution in [-0.2, 0) is 0 Å². The molecule has 0 saturated carbocycles. The molecule has 0 bridgehead atoms. The second-order valence-corrected chi connectivity index (χ2v) is 3.91. The summed E-state index contributed by atoms with van der Waals surface area (Å²) in [6.45, 7) is 5.01. The maximum absolute atomic E-state index is 11.0. The molecule has 0 aliphatic rings. The zero-order valence-corrected chi connectivity index (χ0v) is 9.08. The van der Waals surface area contributed by atoms with Gasteiger partial charge in [0.1, 0.15) is 0 Å². The van der Waals surface area contributed by atoms with E-state index in [1.807, 2.05) is 6.07 Å². The first-order chi connectivity index (χ1) is 7.02. The van der Waals surface area contributed by atoms with Gasteiger partial charge in [0.15, 0.2) is 0 Å². The van der Waals surface area contributed by atoms with Crippen LogP contribution < -0.4 is 16.8 Å². The predicted octanol–water partition coefficient (Wildman–Crippen LogP) is 1.44. The number of amides is 1. The molecule has 15 heavy (non-hydrogen) atoms. The van der Waals surface area contributed by atoms with Crippen LogP contribution >= 0.6 is 0 Å². The molecule has 4 nitrogen and oxygen atoms in total. The van der Waals surface area contributed by atoms with Crippen LogP contribution in [0.15, 0.2) is 18.2 Å². The molecule has 0 saturated heterocycles. The van der Waals surface area contributed by atoms with Gasteiger partial charge in [-0.25, -0.2) is 0 Å². The number of anilines is 2. The molecule has 0 spiro atoms. The molecule has 1 aromatic carbocycles. The number of nitrogen functional groups attached to an aromatic ring is 1. The van der Waals surface area contributed by atoms with E-state index in [2.05, 4.69) is 19.2 Å². The summed E-state index contributed by atoms with van der Waals surface area (Å²) < 4.78 is 0. The number of hydrogen-bond donors (Lipinski definition) is 3. The number of hydrogen-bond acceptors (Lipinski definition) is 3. The highest BCUT2D eigenvalue weighted by Crippen LogP contribution is 2.22. The molecule has 0 radical (unpaired) electrons. The van der Waals surface area contributed by atoms with Crippen molar-refractivity contribution in [3.05, 3.63) is 23.8 Å². The number of benzene rings is 1. The van der Waals surface area contributed by atoms with E-state index >= 15 is 0 Å². The summed E-state index contributed by atoms with van der Waals surface area (Å²) >= 11 is 0. The van der Waals surface area contributed by atoms with E-state index in [-0.39, 0.29) is 0 Å². The van der Waals surface area contributed by atoms with Crippen molar-refractivity contribution in [2.75, 3.05) is 17.6 Å². The minimum atomic E-state index is -0.499. The Morgan fingerprint density at radius 3 is 2.67 bits per heavy atom. The summed E-state index contributed by atoms with van der Waals surface area (Å²) in [5.74, 6) is 0.0160. The average Bonchev–Trinajstić information content (AvgIpc) is 2.15. The van der Waals surface area contributed by atoms with Gasteiger partial charge in [-0.05, 0) is 18.1 Å². The third kappa shape index (κ3) is 2.87. The van der Waals surface area contributed by atoms with E-state index in [0.29, 0.717) is 17.2 Å². The smallest absolute Gasteiger partial charge is 0.250 e. The third-order valence-corrected chi connectivity index (χ3v) is 2.07. The van der Waals surface area contributed by atoms with Crippen molar-refractivity contribution >= 4 is 17.3 Å². The van der Waals surface area contributed by atoms with Gasteiger partial charge in [0.05, 0.1) is 16.9 Å². The van der Waals surface area contributed by atoms with Crippen molar-refractivity contribution in [3.8, 4) is 0 Å². The fourth-order valence-corrected chi connectivity index (χ4v) is 1.25. The summed E-state index contributed by atoms with van der Waals surface area (Å²) in [6, 6.07) is 5.22. The first kappa shape index (κ1) is 11.4. The van der Waals surface area contributed by atoms with Crippen LogP contribution in [-0.4, -0.2) is 12.5 Å². The molecule has 4 heteroatoms. The molecule has 0 unspecified atom stereocenters. The van der Waals surface area contributed by atoms with Crippen molar-refractivity contribution in [2.24, 2.45) is 11.7 Å². The van der Waals surface area contributed by atoms with Gasteiger partial charge in [0, 0.05) is 6.54 Å². The second-order valence-electron chi connectivity index (χ2n) is 3.91. The fraction of sp³-hybridized carbons (Fsp3) is 0.364. The topological polar surface area (TPSA) is 81.1 Å². The standard InChI is InChI=1S/C11H17N3O/c1-7(2)6-14-9-5-3-4-8(10(9)12)11(13)15/h3-5,7,14H,6,12H2,1-2H3,(H2,13,15). The monoisotopic (exact) mass is 207 g/mol. The zero-order chi connectivity index (χ0) is 11.4. The van der Waals surface area contributed by atoms with E-state index in [1.165, 1.54) is 0 Å². The van der Waals surface area contributed by atoms with Crippen LogP contribution in [0.1, 0.15) is 24.2 Å². The summed E-state index contributed by atoms with van der Waals surface area (Å²) in [5.41, 5.74) is 12.6. The number of nitrogens with two attached hydrogens (primary N) is 2. The van der Waals surface area contributed by atoms with Crippen molar-refractivity contribution < 1.29 is 4.79 Å². The maximum atomic E-state index is 11.0. The quantitative estimate of drug-likeness (QED) is 0.653. The minimum Gasteiger partial charge on any atom is -0.396 e. The summed E-state index contributed by atoms with van der Waals surface area (Å²) in [4.78, 5) is 11.0. The lowest BCUT2D eigenvalue weighted by Crippen LogP contribution is -2.16. The van der Waals surface area contributed by atoms with Gasteiger partial charge in [-0.3, -0.25) is 4.79 Å². The van der Waals surface area contributed by atoms with Crippen molar-refractivity contribution in [2.45, 2.75) is 13.8 Å². The maximum Gasteiger partial charge on any atom is 0.250 e. The minimum absolute atomic E-state index is 0.365. The van der Waals surface area contributed by atoms with Gasteiger partial charge in [-0.2, -0.15) is 0 Å². The fourth-order valence-electron chi connectivity index (χ4n) is 1.25. The number of rotatable bonds is 4. The number of nitrogens with one attached hydrogen (secondary N) is 1. The Balaban J connectivity index is 2.89. The molecular weight excluding hydrogens is 190 g/mol. The lowest BCUT2D eigenvalue weighted by atomic mass is 10.1. The van der Waals surface area contributed by atoms with Crippen molar-refractivity contribution in [3.63, 3.8) is 0 Å². The highest BCUT2D eigenvalue weighted by Gasteiger charge is 2.08. The van der Waals surface area contributed by atoms with E-state index < -0.39 is 5.91 Å². The van der Waals surface area contributed by atoms with E-state index in [9.17, 15) is 4.79 Å². The number of carbonyl (C=O) groups excluding carboxylic acids is 1. The van der Waals surface area contributed by atoms with Crippen LogP contribution in [0.25, 0.3) is 0 Å². The first-order valence-electron chi connectivity index (χ1n) is 4.94. The molecule has 82 valence electrons. The lowest BCUT2D eigenvalue weighted by molar-refractivity contribution is 0.100. The van der Waals surface area contributed by atoms with Gasteiger partial charge in [-0.1, -0.05) is 19.9 Å². The van der Waals surface area contributed by atoms with Crippen LogP contribution in [0.4, 0.5) is 11.4 Å². The zero-order valence-electron chi connectivity index (χ0n) is 9.08. The normalized spacial score (nSPS) is 10.3. The first-order valence-corrected chi connectivity index (χ1v) is 4.94. The Morgan fingerprint density at radius 2 is 2.13 bits per heavy atom. The largest absolute Gasteiger partial charge is 0.396 e. The molecule has 0 aliphatic heterocycles. The second kappa shape index (κ2) is 4.68. The van der Waals surface area contributed by atoms with Gasteiger partial charge < -0.3 is 16.8 Å². The van der Waals surface area contributed by atoms with Crippen LogP contribution in [0.2, 0.25) is 0 Å². The van der Waals surface area contributed by atoms with E-state index in [0.717, 1.165) is 12.2 Å². The molecule has 5 N–H and O–H groups in total. The molecule has 1 aromatic rings. The molecule has 1 rings (SSSR count). The molecule has 0 fully saturated rings. The molecule has 1 amide bonds. The van der Waals surface area contributed by atoms with Crippen LogP contribution in [0.5, 0.6) is 0 Å². The number of primary amides is 1. The van der Waals surface area contributed by atoms with Crippen molar-refractivity contribution in [1.82, 2.24) is 0 Å². The Bertz CT molecular complexity index is 361. The SMILES string of the molecule is CC(C)CNc1cccc(C(N)=O)c1N. The van der Waals surface area contributed by atoms with E-state index in [4.69, 9.17) is 11.5 Å². The lowest BCUT2D eigenvalue weighted by Gasteiger charge is -2.12. The highest BCUT2D eigenvalue weighted by molar-refractivity contribution is 6.00. The molecule has 0 heterocycles. The highest BCUT2D eigenvalue weighted by atomic mass is 16.1. The van der Waals surface area contributed by atoms with Gasteiger partial charge in [0.25, 0.3) is 5.91 Å². The number of para-hydroxylation sites is 1. The van der Waals surface area contributed by atoms with Gasteiger partial charge >= 0.3 is 0 Å². The third-order valence-electron chi connectivity index (χ3n) is 2.07. The molecule has 0 atom stereocenters. The Labute approximate surface area is 89.6 Å². The molecule has 0 aromatic heterocycles. The Morgan fingerprint density at radius 1 is 1.47 bits per heavy atom. The predicted molar refractivity (Wildman–Crippen MR) is 62.7 cm³/mol. The van der Waals surface area contributed by atoms with Gasteiger partial charge in [0.2, 0.25) is 0 Å². The average molecular weight is 207 g/mol. The molecule has 0 aliphatic carbocycles. The van der Waals surface area contributed by atoms with Crippen LogP contribution in [0, 0.1) is 5.92 Å². The summed E-state index contributed by atoms with van der Waals surface area (Å²) in [6.07, 6.45) is 0. The van der Waals surface area contributed by atoms with Crippen LogP contribution in [0.3, 0.4) is 0 Å². The summed E-state index contributed by atoms with van der Waals surface area (Å²) in [5, 5.41) is 3.17. The van der Waals surface area contributed by atoms with Crippen molar-refractivity contribution in [1.29, 1.82) is 0 Å². The number of carbonyl (C=O) groups is 1. The molecular formula is C11H17N3O. The van der Waals surface area contributed by atoms with E-state index in [1.54, 1.807) is 12.1 Å². The Kier molecular flexibility index (Phi) is 3.55. The Hall–Kier alpha value is -1.71. The van der Waals surface area contributed by atoms with Gasteiger partial charge in [-0.15, -0.1) is 0 Å². The summed E-state index contributed by atoms with van der Waals surface area (Å²) in [7, 11) is 0.